The molecule has 0 saturated heterocycles. The van der Waals surface area contributed by atoms with Gasteiger partial charge in [-0.05, 0) is 24.6 Å². The number of carbonyl (C=O) groups excluding carboxylic acids is 1. The molecule has 1 aromatic heterocycles. The lowest BCUT2D eigenvalue weighted by atomic mass is 10.0. The molecule has 0 aliphatic heterocycles. The number of carbonyl (C=O) groups is 1. The lowest BCUT2D eigenvalue weighted by Crippen LogP contribution is -2.42. The fraction of sp³-hybridized carbons (Fsp3) is 0.353. The van der Waals surface area contributed by atoms with Gasteiger partial charge in [-0.25, -0.2) is 0 Å². The van der Waals surface area contributed by atoms with Gasteiger partial charge in [0.05, 0.1) is 12.1 Å². The van der Waals surface area contributed by atoms with Crippen molar-refractivity contribution in [3.8, 4) is 0 Å². The van der Waals surface area contributed by atoms with Gasteiger partial charge in [-0.2, -0.15) is 0 Å². The average molecular weight is 303 g/mol. The number of rotatable bonds is 7. The number of furan rings is 1. The Bertz CT molecular complexity index is 594. The fourth-order valence-electron chi connectivity index (χ4n) is 2.13. The first-order valence-electron chi connectivity index (χ1n) is 7.20. The second kappa shape index (κ2) is 7.77. The lowest BCUT2D eigenvalue weighted by molar-refractivity contribution is 0.0818. The number of hydrogen-bond donors (Lipinski definition) is 2. The second-order valence-corrected chi connectivity index (χ2v) is 5.22. The first-order valence-corrected chi connectivity index (χ1v) is 7.20. The maximum absolute atomic E-state index is 12.1. The summed E-state index contributed by atoms with van der Waals surface area (Å²) in [7, 11) is 1.56. The highest BCUT2D eigenvalue weighted by molar-refractivity contribution is 5.91. The van der Waals surface area contributed by atoms with Crippen molar-refractivity contribution in [2.75, 3.05) is 7.11 Å². The molecule has 0 fully saturated rings. The molecule has 0 bridgehead atoms. The summed E-state index contributed by atoms with van der Waals surface area (Å²) >= 11 is 0. The molecule has 2 N–H and O–H groups in total. The Kier molecular flexibility index (Phi) is 5.75. The third-order valence-corrected chi connectivity index (χ3v) is 3.40. The molecular formula is C17H21NO4. The van der Waals surface area contributed by atoms with E-state index in [1.807, 2.05) is 30.3 Å². The first-order chi connectivity index (χ1) is 10.6. The van der Waals surface area contributed by atoms with Crippen LogP contribution in [0.2, 0.25) is 0 Å². The van der Waals surface area contributed by atoms with Crippen molar-refractivity contribution >= 4 is 5.91 Å². The molecule has 5 heteroatoms. The van der Waals surface area contributed by atoms with Crippen LogP contribution in [0.3, 0.4) is 0 Å². The van der Waals surface area contributed by atoms with Crippen LogP contribution in [0.15, 0.2) is 46.9 Å². The van der Waals surface area contributed by atoms with Crippen LogP contribution < -0.4 is 5.32 Å². The van der Waals surface area contributed by atoms with Gasteiger partial charge >= 0.3 is 0 Å². The molecule has 0 aliphatic carbocycles. The van der Waals surface area contributed by atoms with E-state index in [4.69, 9.17) is 9.15 Å². The molecule has 1 heterocycles. The molecule has 1 amide bonds. The minimum Gasteiger partial charge on any atom is -0.453 e. The van der Waals surface area contributed by atoms with Crippen LogP contribution in [0.1, 0.15) is 28.8 Å². The Morgan fingerprint density at radius 1 is 1.27 bits per heavy atom. The van der Waals surface area contributed by atoms with Crippen molar-refractivity contribution in [3.05, 3.63) is 59.5 Å². The highest BCUT2D eigenvalue weighted by Gasteiger charge is 2.19. The minimum absolute atomic E-state index is 0.214. The summed E-state index contributed by atoms with van der Waals surface area (Å²) in [5.41, 5.74) is 1.02. The first kappa shape index (κ1) is 16.3. The lowest BCUT2D eigenvalue weighted by Gasteiger charge is -2.19. The number of benzene rings is 1. The molecule has 0 spiro atoms. The second-order valence-electron chi connectivity index (χ2n) is 5.22. The van der Waals surface area contributed by atoms with Crippen LogP contribution in [-0.2, 0) is 17.8 Å². The van der Waals surface area contributed by atoms with E-state index in [2.05, 4.69) is 5.32 Å². The Balaban J connectivity index is 1.89. The number of ether oxygens (including phenoxy) is 1. The highest BCUT2D eigenvalue weighted by atomic mass is 16.5. The van der Waals surface area contributed by atoms with Crippen molar-refractivity contribution in [2.45, 2.75) is 32.1 Å². The van der Waals surface area contributed by atoms with Gasteiger partial charge in [0, 0.05) is 13.5 Å². The van der Waals surface area contributed by atoms with Crippen molar-refractivity contribution in [3.63, 3.8) is 0 Å². The monoisotopic (exact) mass is 303 g/mol. The quantitative estimate of drug-likeness (QED) is 0.822. The average Bonchev–Trinajstić information content (AvgIpc) is 2.97. The van der Waals surface area contributed by atoms with Gasteiger partial charge in [0.2, 0.25) is 0 Å². The molecule has 5 nitrogen and oxygen atoms in total. The Morgan fingerprint density at radius 3 is 2.68 bits per heavy atom. The van der Waals surface area contributed by atoms with Gasteiger partial charge in [-0.3, -0.25) is 4.79 Å². The van der Waals surface area contributed by atoms with Crippen LogP contribution in [-0.4, -0.2) is 30.3 Å². The zero-order valence-electron chi connectivity index (χ0n) is 12.8. The minimum atomic E-state index is -0.667. The topological polar surface area (TPSA) is 71.7 Å². The zero-order chi connectivity index (χ0) is 15.9. The standard InChI is InChI=1S/C17H21NO4/c1-12(15(19)10-13-6-4-3-5-7-13)18-17(20)16-9-8-14(22-16)11-21-2/h3-9,12,15,19H,10-11H2,1-2H3,(H,18,20). The summed E-state index contributed by atoms with van der Waals surface area (Å²) in [5.74, 6) is 0.456. The van der Waals surface area contributed by atoms with Crippen LogP contribution in [0.5, 0.6) is 0 Å². The van der Waals surface area contributed by atoms with E-state index in [0.29, 0.717) is 18.8 Å². The van der Waals surface area contributed by atoms with E-state index in [0.717, 1.165) is 5.56 Å². The Labute approximate surface area is 129 Å². The molecule has 0 aliphatic rings. The van der Waals surface area contributed by atoms with Crippen LogP contribution in [0.4, 0.5) is 0 Å². The molecule has 2 unspecified atom stereocenters. The van der Waals surface area contributed by atoms with Gasteiger partial charge in [-0.15, -0.1) is 0 Å². The summed E-state index contributed by atoms with van der Waals surface area (Å²) in [4.78, 5) is 12.1. The maximum Gasteiger partial charge on any atom is 0.287 e. The highest BCUT2D eigenvalue weighted by Crippen LogP contribution is 2.10. The number of aliphatic hydroxyl groups is 1. The third kappa shape index (κ3) is 4.44. The van der Waals surface area contributed by atoms with E-state index in [9.17, 15) is 9.90 Å². The number of aliphatic hydroxyl groups excluding tert-OH is 1. The molecule has 2 aromatic rings. The smallest absolute Gasteiger partial charge is 0.287 e. The number of amides is 1. The third-order valence-electron chi connectivity index (χ3n) is 3.40. The van der Waals surface area contributed by atoms with E-state index in [-0.39, 0.29) is 17.7 Å². The van der Waals surface area contributed by atoms with Crippen LogP contribution >= 0.6 is 0 Å². The predicted molar refractivity (Wildman–Crippen MR) is 82.5 cm³/mol. The van der Waals surface area contributed by atoms with E-state index in [1.54, 1.807) is 26.2 Å². The molecule has 2 atom stereocenters. The molecular weight excluding hydrogens is 282 g/mol. The van der Waals surface area contributed by atoms with E-state index < -0.39 is 6.10 Å². The summed E-state index contributed by atoms with van der Waals surface area (Å²) in [6, 6.07) is 12.6. The van der Waals surface area contributed by atoms with Gasteiger partial charge in [-0.1, -0.05) is 30.3 Å². The van der Waals surface area contributed by atoms with Gasteiger partial charge in [0.15, 0.2) is 5.76 Å². The number of hydrogen-bond acceptors (Lipinski definition) is 4. The molecule has 0 saturated carbocycles. The van der Waals surface area contributed by atoms with E-state index in [1.165, 1.54) is 0 Å². The van der Waals surface area contributed by atoms with Crippen molar-refractivity contribution < 1.29 is 19.1 Å². The van der Waals surface area contributed by atoms with Gasteiger partial charge < -0.3 is 19.6 Å². The van der Waals surface area contributed by atoms with Crippen molar-refractivity contribution in [1.82, 2.24) is 5.32 Å². The number of methoxy groups -OCH3 is 1. The molecule has 118 valence electrons. The Hall–Kier alpha value is -2.11. The summed E-state index contributed by atoms with van der Waals surface area (Å²) in [6.45, 7) is 2.09. The molecule has 2 rings (SSSR count). The van der Waals surface area contributed by atoms with Crippen LogP contribution in [0, 0.1) is 0 Å². The normalized spacial score (nSPS) is 13.6. The van der Waals surface area contributed by atoms with Crippen LogP contribution in [0.25, 0.3) is 0 Å². The fourth-order valence-corrected chi connectivity index (χ4v) is 2.13. The largest absolute Gasteiger partial charge is 0.453 e. The van der Waals surface area contributed by atoms with Crippen molar-refractivity contribution in [1.29, 1.82) is 0 Å². The SMILES string of the molecule is COCc1ccc(C(=O)NC(C)C(O)Cc2ccccc2)o1. The van der Waals surface area contributed by atoms with Crippen molar-refractivity contribution in [2.24, 2.45) is 0 Å². The summed E-state index contributed by atoms with van der Waals surface area (Å²) in [5, 5.41) is 12.9. The van der Waals surface area contributed by atoms with Gasteiger partial charge in [0.1, 0.15) is 12.4 Å². The predicted octanol–water partition coefficient (Wildman–Crippen LogP) is 2.15. The maximum atomic E-state index is 12.1. The molecule has 22 heavy (non-hydrogen) atoms. The molecule has 1 aromatic carbocycles. The Morgan fingerprint density at radius 2 is 2.00 bits per heavy atom. The van der Waals surface area contributed by atoms with E-state index >= 15 is 0 Å². The zero-order valence-corrected chi connectivity index (χ0v) is 12.8. The van der Waals surface area contributed by atoms with Gasteiger partial charge in [0.25, 0.3) is 5.91 Å². The summed E-state index contributed by atoms with van der Waals surface area (Å²) < 4.78 is 10.3. The number of nitrogens with one attached hydrogen (secondary N) is 1. The molecule has 0 radical (unpaired) electrons. The summed E-state index contributed by atoms with van der Waals surface area (Å²) in [6.07, 6.45) is -0.185.